The van der Waals surface area contributed by atoms with E-state index in [9.17, 15) is 4.79 Å². The fourth-order valence-corrected chi connectivity index (χ4v) is 1.48. The molecule has 0 radical (unpaired) electrons. The van der Waals surface area contributed by atoms with E-state index in [0.29, 0.717) is 12.1 Å². The molecule has 0 amide bonds. The van der Waals surface area contributed by atoms with Gasteiger partial charge in [0.1, 0.15) is 0 Å². The number of anilines is 1. The Hall–Kier alpha value is -1.26. The zero-order valence-electron chi connectivity index (χ0n) is 10.8. The maximum atomic E-state index is 11.8. The highest BCUT2D eigenvalue weighted by atomic mass is 35.5. The third kappa shape index (κ3) is 3.89. The van der Waals surface area contributed by atoms with Crippen LogP contribution in [-0.2, 0) is 9.47 Å². The number of benzene rings is 1. The Kier molecular flexibility index (Phi) is 4.99. The number of methoxy groups -OCH3 is 1. The van der Waals surface area contributed by atoms with Crippen molar-refractivity contribution in [1.82, 2.24) is 0 Å². The Morgan fingerprint density at radius 3 is 2.72 bits per heavy atom. The normalized spacial score (nSPS) is 11.3. The third-order valence-electron chi connectivity index (χ3n) is 2.74. The highest BCUT2D eigenvalue weighted by molar-refractivity contribution is 6.36. The van der Waals surface area contributed by atoms with E-state index in [1.165, 1.54) is 0 Å². The van der Waals surface area contributed by atoms with Crippen molar-refractivity contribution in [2.45, 2.75) is 25.9 Å². The summed E-state index contributed by atoms with van der Waals surface area (Å²) in [5.41, 5.74) is 5.95. The summed E-state index contributed by atoms with van der Waals surface area (Å²) in [6.45, 7) is 4.12. The van der Waals surface area contributed by atoms with Crippen LogP contribution >= 0.6 is 11.6 Å². The molecule has 1 rings (SSSR count). The fourth-order valence-electron chi connectivity index (χ4n) is 1.28. The molecule has 0 saturated heterocycles. The van der Waals surface area contributed by atoms with Gasteiger partial charge in [0.15, 0.2) is 0 Å². The van der Waals surface area contributed by atoms with Crippen molar-refractivity contribution < 1.29 is 14.3 Å². The average molecular weight is 272 g/mol. The van der Waals surface area contributed by atoms with E-state index in [1.807, 2.05) is 13.8 Å². The van der Waals surface area contributed by atoms with Gasteiger partial charge in [-0.05, 0) is 26.0 Å². The standard InChI is InChI=1S/C13H18ClNO3/c1-13(2,17-3)7-8-18-12(16)9-5-4-6-10(15)11(9)14/h4-6H,7-8,15H2,1-3H3. The number of carbonyl (C=O) groups excluding carboxylic acids is 1. The SMILES string of the molecule is COC(C)(C)CCOC(=O)c1cccc(N)c1Cl. The molecule has 100 valence electrons. The van der Waals surface area contributed by atoms with Gasteiger partial charge in [0, 0.05) is 13.5 Å². The lowest BCUT2D eigenvalue weighted by Gasteiger charge is -2.22. The van der Waals surface area contributed by atoms with Crippen LogP contribution in [0.15, 0.2) is 18.2 Å². The Balaban J connectivity index is 2.59. The van der Waals surface area contributed by atoms with Crippen LogP contribution in [0.2, 0.25) is 5.02 Å². The number of esters is 1. The molecule has 0 unspecified atom stereocenters. The smallest absolute Gasteiger partial charge is 0.339 e. The molecule has 0 aliphatic carbocycles. The van der Waals surface area contributed by atoms with Crippen molar-refractivity contribution in [3.05, 3.63) is 28.8 Å². The van der Waals surface area contributed by atoms with Gasteiger partial charge in [-0.3, -0.25) is 0 Å². The van der Waals surface area contributed by atoms with Crippen molar-refractivity contribution in [2.75, 3.05) is 19.5 Å². The summed E-state index contributed by atoms with van der Waals surface area (Å²) in [4.78, 5) is 11.8. The number of ether oxygens (including phenoxy) is 2. The highest BCUT2D eigenvalue weighted by Crippen LogP contribution is 2.24. The lowest BCUT2D eigenvalue weighted by molar-refractivity contribution is -0.00562. The zero-order chi connectivity index (χ0) is 13.8. The van der Waals surface area contributed by atoms with E-state index in [4.69, 9.17) is 26.8 Å². The molecule has 0 fully saturated rings. The van der Waals surface area contributed by atoms with Crippen LogP contribution in [0.1, 0.15) is 30.6 Å². The molecule has 0 spiro atoms. The van der Waals surface area contributed by atoms with Gasteiger partial charge < -0.3 is 15.2 Å². The largest absolute Gasteiger partial charge is 0.462 e. The minimum Gasteiger partial charge on any atom is -0.462 e. The van der Waals surface area contributed by atoms with Crippen LogP contribution in [-0.4, -0.2) is 25.3 Å². The average Bonchev–Trinajstić information content (AvgIpc) is 2.32. The van der Waals surface area contributed by atoms with Gasteiger partial charge in [-0.25, -0.2) is 4.79 Å². The van der Waals surface area contributed by atoms with Crippen molar-refractivity contribution >= 4 is 23.3 Å². The predicted molar refractivity (Wildman–Crippen MR) is 71.9 cm³/mol. The molecule has 5 heteroatoms. The predicted octanol–water partition coefficient (Wildman–Crippen LogP) is 2.89. The van der Waals surface area contributed by atoms with E-state index < -0.39 is 5.97 Å². The van der Waals surface area contributed by atoms with Crippen LogP contribution in [0.25, 0.3) is 0 Å². The molecule has 0 aliphatic heterocycles. The maximum Gasteiger partial charge on any atom is 0.339 e. The molecule has 0 saturated carbocycles. The molecule has 18 heavy (non-hydrogen) atoms. The van der Waals surface area contributed by atoms with Crippen LogP contribution in [0, 0.1) is 0 Å². The van der Waals surface area contributed by atoms with E-state index in [0.717, 1.165) is 0 Å². The Labute approximate surface area is 112 Å². The summed E-state index contributed by atoms with van der Waals surface area (Å²) in [5, 5.41) is 0.230. The van der Waals surface area contributed by atoms with Gasteiger partial charge in [0.05, 0.1) is 28.5 Å². The number of halogens is 1. The summed E-state index contributed by atoms with van der Waals surface area (Å²) in [5.74, 6) is -0.473. The third-order valence-corrected chi connectivity index (χ3v) is 3.16. The van der Waals surface area contributed by atoms with Crippen molar-refractivity contribution in [3.8, 4) is 0 Å². The molecule has 0 bridgehead atoms. The highest BCUT2D eigenvalue weighted by Gasteiger charge is 2.18. The van der Waals surface area contributed by atoms with Gasteiger partial charge in [-0.15, -0.1) is 0 Å². The second-order valence-corrected chi connectivity index (χ2v) is 4.94. The molecule has 0 aromatic heterocycles. The Morgan fingerprint density at radius 1 is 1.44 bits per heavy atom. The lowest BCUT2D eigenvalue weighted by Crippen LogP contribution is -2.25. The van der Waals surface area contributed by atoms with Crippen molar-refractivity contribution in [3.63, 3.8) is 0 Å². The first kappa shape index (κ1) is 14.8. The number of nitrogens with two attached hydrogens (primary N) is 1. The van der Waals surface area contributed by atoms with E-state index in [2.05, 4.69) is 0 Å². The number of carbonyl (C=O) groups is 1. The van der Waals surface area contributed by atoms with Gasteiger partial charge in [0.2, 0.25) is 0 Å². The zero-order valence-corrected chi connectivity index (χ0v) is 11.6. The van der Waals surface area contributed by atoms with Gasteiger partial charge in [-0.1, -0.05) is 17.7 Å². The van der Waals surface area contributed by atoms with E-state index in [-0.39, 0.29) is 22.8 Å². The summed E-state index contributed by atoms with van der Waals surface area (Å²) >= 11 is 5.93. The first-order valence-electron chi connectivity index (χ1n) is 5.63. The van der Waals surface area contributed by atoms with Crippen LogP contribution < -0.4 is 5.73 Å². The van der Waals surface area contributed by atoms with Crippen molar-refractivity contribution in [2.24, 2.45) is 0 Å². The Bertz CT molecular complexity index is 432. The molecular formula is C13H18ClNO3. The van der Waals surface area contributed by atoms with Gasteiger partial charge >= 0.3 is 5.97 Å². The maximum absolute atomic E-state index is 11.8. The monoisotopic (exact) mass is 271 g/mol. The fraction of sp³-hybridized carbons (Fsp3) is 0.462. The van der Waals surface area contributed by atoms with Crippen LogP contribution in [0.4, 0.5) is 5.69 Å². The molecule has 2 N–H and O–H groups in total. The number of hydrogen-bond donors (Lipinski definition) is 1. The summed E-state index contributed by atoms with van der Waals surface area (Å²) in [7, 11) is 1.62. The molecular weight excluding hydrogens is 254 g/mol. The quantitative estimate of drug-likeness (QED) is 0.661. The first-order chi connectivity index (χ1) is 8.37. The van der Waals surface area contributed by atoms with Gasteiger partial charge in [-0.2, -0.15) is 0 Å². The minimum atomic E-state index is -0.473. The number of hydrogen-bond acceptors (Lipinski definition) is 4. The minimum absolute atomic E-state index is 0.230. The second-order valence-electron chi connectivity index (χ2n) is 4.56. The number of nitrogen functional groups attached to an aromatic ring is 1. The first-order valence-corrected chi connectivity index (χ1v) is 6.01. The van der Waals surface area contributed by atoms with E-state index in [1.54, 1.807) is 25.3 Å². The Morgan fingerprint density at radius 2 is 2.11 bits per heavy atom. The summed E-state index contributed by atoms with van der Waals surface area (Å²) in [6.07, 6.45) is 0.606. The van der Waals surface area contributed by atoms with Crippen molar-refractivity contribution in [1.29, 1.82) is 0 Å². The van der Waals surface area contributed by atoms with Gasteiger partial charge in [0.25, 0.3) is 0 Å². The molecule has 4 nitrogen and oxygen atoms in total. The molecule has 0 aliphatic rings. The topological polar surface area (TPSA) is 61.5 Å². The lowest BCUT2D eigenvalue weighted by atomic mass is 10.1. The molecule has 1 aromatic carbocycles. The van der Waals surface area contributed by atoms with E-state index >= 15 is 0 Å². The second kappa shape index (κ2) is 6.07. The molecule has 1 aromatic rings. The molecule has 0 atom stereocenters. The van der Waals surface area contributed by atoms with Crippen LogP contribution in [0.5, 0.6) is 0 Å². The summed E-state index contributed by atoms with van der Waals surface area (Å²) < 4.78 is 10.4. The molecule has 0 heterocycles. The van der Waals surface area contributed by atoms with Crippen LogP contribution in [0.3, 0.4) is 0 Å². The number of rotatable bonds is 5. The summed E-state index contributed by atoms with van der Waals surface area (Å²) in [6, 6.07) is 4.88.